The molecule has 1 aromatic heterocycles. The number of nitrogens with zero attached hydrogens (tertiary/aromatic N) is 1. The lowest BCUT2D eigenvalue weighted by molar-refractivity contribution is -0.147. The number of carbonyl (C=O) groups excluding carboxylic acids is 3. The van der Waals surface area contributed by atoms with Gasteiger partial charge in [-0.1, -0.05) is 18.7 Å². The molecule has 0 fully saturated rings. The van der Waals surface area contributed by atoms with Gasteiger partial charge < -0.3 is 4.74 Å². The van der Waals surface area contributed by atoms with Crippen molar-refractivity contribution in [3.8, 4) is 0 Å². The Kier molecular flexibility index (Phi) is 5.02. The highest BCUT2D eigenvalue weighted by Crippen LogP contribution is 2.26. The number of rotatable bonds is 5. The summed E-state index contributed by atoms with van der Waals surface area (Å²) >= 11 is 1.47. The largest absolute Gasteiger partial charge is 0.456 e. The standard InChI is InChI=1S/C21H21NO4S/c1-13(20(25)26-21(2,3)4)14-11-15(27-12-14)9-10-22-18(23)16-7-5-6-8-17(16)19(22)24/h5-8,11-12H,1,9-10H2,2-4H3. The lowest BCUT2D eigenvalue weighted by Gasteiger charge is -2.19. The van der Waals surface area contributed by atoms with Crippen molar-refractivity contribution in [2.24, 2.45) is 0 Å². The zero-order valence-corrected chi connectivity index (χ0v) is 16.4. The number of esters is 1. The van der Waals surface area contributed by atoms with E-state index in [2.05, 4.69) is 6.58 Å². The predicted molar refractivity (Wildman–Crippen MR) is 105 cm³/mol. The zero-order chi connectivity index (χ0) is 19.8. The summed E-state index contributed by atoms with van der Waals surface area (Å²) in [5.41, 5.74) is 1.32. The Morgan fingerprint density at radius 3 is 2.30 bits per heavy atom. The van der Waals surface area contributed by atoms with Crippen LogP contribution in [0.5, 0.6) is 0 Å². The van der Waals surface area contributed by atoms with Gasteiger partial charge in [0.25, 0.3) is 11.8 Å². The number of ether oxygens (including phenoxy) is 1. The Hall–Kier alpha value is -2.73. The van der Waals surface area contributed by atoms with Crippen LogP contribution in [0.2, 0.25) is 0 Å². The first-order chi connectivity index (χ1) is 12.7. The maximum atomic E-state index is 12.4. The van der Waals surface area contributed by atoms with Crippen molar-refractivity contribution in [3.63, 3.8) is 0 Å². The molecule has 2 amide bonds. The molecule has 27 heavy (non-hydrogen) atoms. The van der Waals surface area contributed by atoms with Crippen LogP contribution in [0.25, 0.3) is 5.57 Å². The van der Waals surface area contributed by atoms with Crippen molar-refractivity contribution in [1.82, 2.24) is 4.90 Å². The predicted octanol–water partition coefficient (Wildman–Crippen LogP) is 3.94. The van der Waals surface area contributed by atoms with E-state index in [1.54, 1.807) is 45.0 Å². The van der Waals surface area contributed by atoms with E-state index < -0.39 is 11.6 Å². The van der Waals surface area contributed by atoms with Crippen LogP contribution in [0.1, 0.15) is 51.9 Å². The number of fused-ring (bicyclic) bond motifs is 1. The molecule has 0 saturated heterocycles. The van der Waals surface area contributed by atoms with Gasteiger partial charge >= 0.3 is 5.97 Å². The minimum Gasteiger partial charge on any atom is -0.456 e. The summed E-state index contributed by atoms with van der Waals surface area (Å²) in [5, 5.41) is 1.84. The Labute approximate surface area is 162 Å². The van der Waals surface area contributed by atoms with E-state index >= 15 is 0 Å². The van der Waals surface area contributed by atoms with Crippen molar-refractivity contribution in [3.05, 3.63) is 63.9 Å². The summed E-state index contributed by atoms with van der Waals surface area (Å²) in [6, 6.07) is 8.70. The van der Waals surface area contributed by atoms with Gasteiger partial charge in [0, 0.05) is 11.4 Å². The molecule has 0 saturated carbocycles. The number of thiophene rings is 1. The molecule has 0 N–H and O–H groups in total. The van der Waals surface area contributed by atoms with E-state index in [0.717, 1.165) is 4.88 Å². The Balaban J connectivity index is 1.64. The third kappa shape index (κ3) is 4.01. The summed E-state index contributed by atoms with van der Waals surface area (Å²) in [7, 11) is 0. The molecule has 2 aromatic rings. The monoisotopic (exact) mass is 383 g/mol. The van der Waals surface area contributed by atoms with Crippen LogP contribution >= 0.6 is 11.3 Å². The molecule has 3 rings (SSSR count). The first-order valence-electron chi connectivity index (χ1n) is 8.62. The van der Waals surface area contributed by atoms with Gasteiger partial charge in [0.05, 0.1) is 16.7 Å². The van der Waals surface area contributed by atoms with Crippen LogP contribution in [-0.2, 0) is 16.0 Å². The van der Waals surface area contributed by atoms with Gasteiger partial charge in [0.15, 0.2) is 0 Å². The number of amides is 2. The SMILES string of the molecule is C=C(C(=O)OC(C)(C)C)c1csc(CCN2C(=O)c3ccccc3C2=O)c1. The molecule has 6 heteroatoms. The van der Waals surface area contributed by atoms with Gasteiger partial charge in [-0.05, 0) is 56.3 Å². The third-order valence-corrected chi connectivity index (χ3v) is 5.10. The topological polar surface area (TPSA) is 63.7 Å². The molecule has 0 bridgehead atoms. The minimum atomic E-state index is -0.579. The molecule has 0 aliphatic carbocycles. The van der Waals surface area contributed by atoms with Gasteiger partial charge in [-0.3, -0.25) is 14.5 Å². The fourth-order valence-electron chi connectivity index (χ4n) is 2.79. The maximum absolute atomic E-state index is 12.4. The number of imide groups is 1. The Bertz CT molecular complexity index is 901. The molecule has 0 atom stereocenters. The summed E-state index contributed by atoms with van der Waals surface area (Å²) in [6.07, 6.45) is 0.526. The fraction of sp³-hybridized carbons (Fsp3) is 0.286. The van der Waals surface area contributed by atoms with E-state index in [-0.39, 0.29) is 11.8 Å². The van der Waals surface area contributed by atoms with Crippen LogP contribution in [0.15, 0.2) is 42.3 Å². The molecule has 0 radical (unpaired) electrons. The molecule has 1 aromatic carbocycles. The molecule has 0 spiro atoms. The second-order valence-corrected chi connectivity index (χ2v) is 8.34. The molecule has 2 heterocycles. The van der Waals surface area contributed by atoms with Crippen molar-refractivity contribution in [2.45, 2.75) is 32.8 Å². The summed E-state index contributed by atoms with van der Waals surface area (Å²) < 4.78 is 5.34. The highest BCUT2D eigenvalue weighted by molar-refractivity contribution is 7.10. The van der Waals surface area contributed by atoms with E-state index in [0.29, 0.717) is 35.2 Å². The Morgan fingerprint density at radius 1 is 1.15 bits per heavy atom. The van der Waals surface area contributed by atoms with Crippen LogP contribution in [0.3, 0.4) is 0 Å². The lowest BCUT2D eigenvalue weighted by Crippen LogP contribution is -2.31. The molecular weight excluding hydrogens is 362 g/mol. The summed E-state index contributed by atoms with van der Waals surface area (Å²) in [6.45, 7) is 9.54. The van der Waals surface area contributed by atoms with E-state index in [4.69, 9.17) is 4.74 Å². The summed E-state index contributed by atoms with van der Waals surface area (Å²) in [5.74, 6) is -0.969. The number of hydrogen-bond donors (Lipinski definition) is 0. The molecule has 1 aliphatic heterocycles. The minimum absolute atomic E-state index is 0.259. The van der Waals surface area contributed by atoms with Crippen molar-refractivity contribution in [2.75, 3.05) is 6.54 Å². The zero-order valence-electron chi connectivity index (χ0n) is 15.6. The molecule has 0 unspecified atom stereocenters. The van der Waals surface area contributed by atoms with E-state index in [1.807, 2.05) is 11.4 Å². The number of carbonyl (C=O) groups is 3. The van der Waals surface area contributed by atoms with Gasteiger partial charge in [-0.25, -0.2) is 4.79 Å². The smallest absolute Gasteiger partial charge is 0.338 e. The van der Waals surface area contributed by atoms with Crippen LogP contribution in [0, 0.1) is 0 Å². The second-order valence-electron chi connectivity index (χ2n) is 7.34. The van der Waals surface area contributed by atoms with Gasteiger partial charge in [0.2, 0.25) is 0 Å². The highest BCUT2D eigenvalue weighted by Gasteiger charge is 2.34. The third-order valence-electron chi connectivity index (χ3n) is 4.11. The highest BCUT2D eigenvalue weighted by atomic mass is 32.1. The number of benzene rings is 1. The average molecular weight is 383 g/mol. The molecular formula is C21H21NO4S. The summed E-state index contributed by atoms with van der Waals surface area (Å²) in [4.78, 5) is 39.2. The molecule has 140 valence electrons. The molecule has 1 aliphatic rings. The quantitative estimate of drug-likeness (QED) is 0.446. The normalized spacial score (nSPS) is 13.7. The Morgan fingerprint density at radius 2 is 1.74 bits per heavy atom. The first kappa shape index (κ1) is 19.0. The molecule has 5 nitrogen and oxygen atoms in total. The first-order valence-corrected chi connectivity index (χ1v) is 9.50. The average Bonchev–Trinajstić information content (AvgIpc) is 3.16. The van der Waals surface area contributed by atoms with Gasteiger partial charge in [-0.15, -0.1) is 11.3 Å². The maximum Gasteiger partial charge on any atom is 0.338 e. The van der Waals surface area contributed by atoms with Gasteiger partial charge in [-0.2, -0.15) is 0 Å². The lowest BCUT2D eigenvalue weighted by atomic mass is 10.1. The van der Waals surface area contributed by atoms with E-state index in [9.17, 15) is 14.4 Å². The van der Waals surface area contributed by atoms with Crippen LogP contribution in [-0.4, -0.2) is 34.8 Å². The van der Waals surface area contributed by atoms with Gasteiger partial charge in [0.1, 0.15) is 5.60 Å². The van der Waals surface area contributed by atoms with Crippen molar-refractivity contribution in [1.29, 1.82) is 0 Å². The van der Waals surface area contributed by atoms with E-state index in [1.165, 1.54) is 16.2 Å². The number of hydrogen-bond acceptors (Lipinski definition) is 5. The van der Waals surface area contributed by atoms with Crippen LogP contribution < -0.4 is 0 Å². The van der Waals surface area contributed by atoms with Crippen LogP contribution in [0.4, 0.5) is 0 Å². The van der Waals surface area contributed by atoms with Crippen molar-refractivity contribution >= 4 is 34.7 Å². The fourth-order valence-corrected chi connectivity index (χ4v) is 3.68. The second kappa shape index (κ2) is 7.12. The van der Waals surface area contributed by atoms with Crippen molar-refractivity contribution < 1.29 is 19.1 Å².